The van der Waals surface area contributed by atoms with Gasteiger partial charge in [0.2, 0.25) is 5.91 Å². The molecule has 5 nitrogen and oxygen atoms in total. The first kappa shape index (κ1) is 17.9. The van der Waals surface area contributed by atoms with E-state index in [1.165, 1.54) is 17.8 Å². The third-order valence-electron chi connectivity index (χ3n) is 3.92. The van der Waals surface area contributed by atoms with Crippen LogP contribution < -0.4 is 0 Å². The number of allylic oxidation sites excluding steroid dienone is 1. The SMILES string of the molecule is C=CCOC(=O)C1=C(C)N=C2SCCC(=O)N2C1c1cccc(Br)c1. The van der Waals surface area contributed by atoms with Gasteiger partial charge in [0.15, 0.2) is 5.17 Å². The molecule has 1 amide bonds. The van der Waals surface area contributed by atoms with Crippen molar-refractivity contribution in [2.45, 2.75) is 19.4 Å². The molecule has 1 saturated heterocycles. The van der Waals surface area contributed by atoms with E-state index in [1.807, 2.05) is 24.3 Å². The van der Waals surface area contributed by atoms with Crippen LogP contribution in [0.1, 0.15) is 24.9 Å². The van der Waals surface area contributed by atoms with Crippen molar-refractivity contribution in [3.63, 3.8) is 0 Å². The van der Waals surface area contributed by atoms with Crippen molar-refractivity contribution in [1.82, 2.24) is 4.90 Å². The molecule has 2 heterocycles. The molecule has 0 aromatic heterocycles. The van der Waals surface area contributed by atoms with Gasteiger partial charge in [-0.25, -0.2) is 9.79 Å². The number of hydrogen-bond donors (Lipinski definition) is 0. The number of amidine groups is 1. The number of amides is 1. The largest absolute Gasteiger partial charge is 0.458 e. The summed E-state index contributed by atoms with van der Waals surface area (Å²) in [5.74, 6) is 0.181. The van der Waals surface area contributed by atoms with Crippen LogP contribution in [0, 0.1) is 0 Å². The highest BCUT2D eigenvalue weighted by Gasteiger charge is 2.41. The van der Waals surface area contributed by atoms with Gasteiger partial charge in [0, 0.05) is 16.6 Å². The summed E-state index contributed by atoms with van der Waals surface area (Å²) in [5, 5.41) is 0.638. The predicted octanol–water partition coefficient (Wildman–Crippen LogP) is 3.83. The number of hydrogen-bond acceptors (Lipinski definition) is 5. The van der Waals surface area contributed by atoms with Crippen LogP contribution in [0.2, 0.25) is 0 Å². The number of halogens is 1. The predicted molar refractivity (Wildman–Crippen MR) is 102 cm³/mol. The molecule has 0 saturated carbocycles. The van der Waals surface area contributed by atoms with Gasteiger partial charge in [-0.3, -0.25) is 9.69 Å². The normalized spacial score (nSPS) is 20.1. The van der Waals surface area contributed by atoms with Gasteiger partial charge in [-0.1, -0.05) is 52.5 Å². The first-order chi connectivity index (χ1) is 12.0. The van der Waals surface area contributed by atoms with Crippen LogP contribution >= 0.6 is 27.7 Å². The molecule has 0 bridgehead atoms. The van der Waals surface area contributed by atoms with Crippen molar-refractivity contribution in [3.8, 4) is 0 Å². The molecule has 0 aliphatic carbocycles. The Morgan fingerprint density at radius 2 is 2.36 bits per heavy atom. The molecule has 1 fully saturated rings. The second-order valence-corrected chi connectivity index (χ2v) is 7.58. The number of aliphatic imine (C=N–C) groups is 1. The first-order valence-electron chi connectivity index (χ1n) is 7.80. The zero-order valence-corrected chi connectivity index (χ0v) is 16.1. The van der Waals surface area contributed by atoms with E-state index in [0.29, 0.717) is 28.6 Å². The first-order valence-corrected chi connectivity index (χ1v) is 9.58. The highest BCUT2D eigenvalue weighted by molar-refractivity contribution is 9.10. The van der Waals surface area contributed by atoms with E-state index in [-0.39, 0.29) is 12.5 Å². The maximum absolute atomic E-state index is 12.7. The van der Waals surface area contributed by atoms with Crippen LogP contribution in [0.4, 0.5) is 0 Å². The zero-order valence-electron chi connectivity index (χ0n) is 13.7. The number of nitrogens with zero attached hydrogens (tertiary/aromatic N) is 2. The fraction of sp³-hybridized carbons (Fsp3) is 0.278. The van der Waals surface area contributed by atoms with Crippen LogP contribution in [0.25, 0.3) is 0 Å². The molecule has 7 heteroatoms. The minimum atomic E-state index is -0.539. The molecule has 1 atom stereocenters. The number of rotatable bonds is 4. The van der Waals surface area contributed by atoms with E-state index in [0.717, 1.165) is 10.0 Å². The minimum absolute atomic E-state index is 0.0380. The van der Waals surface area contributed by atoms with E-state index < -0.39 is 12.0 Å². The molecule has 25 heavy (non-hydrogen) atoms. The fourth-order valence-corrected chi connectivity index (χ4v) is 4.29. The summed E-state index contributed by atoms with van der Waals surface area (Å²) in [4.78, 5) is 31.4. The third kappa shape index (κ3) is 3.57. The number of benzene rings is 1. The van der Waals surface area contributed by atoms with Crippen molar-refractivity contribution in [3.05, 3.63) is 58.2 Å². The lowest BCUT2D eigenvalue weighted by Gasteiger charge is -2.38. The lowest BCUT2D eigenvalue weighted by atomic mass is 9.94. The van der Waals surface area contributed by atoms with Gasteiger partial charge in [0.05, 0.1) is 17.3 Å². The van der Waals surface area contributed by atoms with Crippen molar-refractivity contribution in [1.29, 1.82) is 0 Å². The third-order valence-corrected chi connectivity index (χ3v) is 5.37. The smallest absolute Gasteiger partial charge is 0.338 e. The quantitative estimate of drug-likeness (QED) is 0.548. The van der Waals surface area contributed by atoms with Crippen molar-refractivity contribution in [2.24, 2.45) is 4.99 Å². The maximum Gasteiger partial charge on any atom is 0.338 e. The lowest BCUT2D eigenvalue weighted by Crippen LogP contribution is -2.45. The van der Waals surface area contributed by atoms with E-state index in [4.69, 9.17) is 4.74 Å². The fourth-order valence-electron chi connectivity index (χ4n) is 2.86. The highest BCUT2D eigenvalue weighted by Crippen LogP contribution is 2.40. The van der Waals surface area contributed by atoms with Crippen LogP contribution in [0.5, 0.6) is 0 Å². The average Bonchev–Trinajstić information content (AvgIpc) is 2.58. The van der Waals surface area contributed by atoms with E-state index >= 15 is 0 Å². The summed E-state index contributed by atoms with van der Waals surface area (Å²) < 4.78 is 6.13. The Labute approximate surface area is 159 Å². The molecule has 0 spiro atoms. The van der Waals surface area contributed by atoms with Gasteiger partial charge in [-0.2, -0.15) is 0 Å². The zero-order chi connectivity index (χ0) is 18.0. The highest BCUT2D eigenvalue weighted by atomic mass is 79.9. The molecular weight excluding hydrogens is 404 g/mol. The molecule has 0 radical (unpaired) electrons. The van der Waals surface area contributed by atoms with Crippen LogP contribution in [0.3, 0.4) is 0 Å². The lowest BCUT2D eigenvalue weighted by molar-refractivity contribution is -0.139. The molecule has 1 aromatic carbocycles. The van der Waals surface area contributed by atoms with Crippen LogP contribution in [-0.4, -0.2) is 34.3 Å². The summed E-state index contributed by atoms with van der Waals surface area (Å²) in [6.07, 6.45) is 1.93. The topological polar surface area (TPSA) is 59.0 Å². The van der Waals surface area contributed by atoms with Gasteiger partial charge in [0.25, 0.3) is 0 Å². The molecule has 3 rings (SSSR count). The summed E-state index contributed by atoms with van der Waals surface area (Å²) in [7, 11) is 0. The number of thioether (sulfide) groups is 1. The summed E-state index contributed by atoms with van der Waals surface area (Å²) in [6, 6.07) is 7.06. The van der Waals surface area contributed by atoms with Gasteiger partial charge in [-0.05, 0) is 24.6 Å². The summed E-state index contributed by atoms with van der Waals surface area (Å²) in [5.41, 5.74) is 1.80. The Bertz CT molecular complexity index is 803. The average molecular weight is 421 g/mol. The number of carbonyl (C=O) groups excluding carboxylic acids is 2. The Morgan fingerprint density at radius 1 is 1.56 bits per heavy atom. The number of esters is 1. The van der Waals surface area contributed by atoms with Crippen molar-refractivity contribution in [2.75, 3.05) is 12.4 Å². The molecule has 2 aliphatic rings. The summed E-state index contributed by atoms with van der Waals surface area (Å²) >= 11 is 4.99. The van der Waals surface area contributed by atoms with Gasteiger partial charge in [-0.15, -0.1) is 0 Å². The van der Waals surface area contributed by atoms with E-state index in [1.54, 1.807) is 11.8 Å². The van der Waals surface area contributed by atoms with Gasteiger partial charge in [0.1, 0.15) is 6.61 Å². The van der Waals surface area contributed by atoms with Crippen LogP contribution in [0.15, 0.2) is 57.7 Å². The van der Waals surface area contributed by atoms with Gasteiger partial charge < -0.3 is 4.74 Å². The number of ether oxygens (including phenoxy) is 1. The molecule has 0 N–H and O–H groups in total. The molecule has 130 valence electrons. The number of fused-ring (bicyclic) bond motifs is 1. The van der Waals surface area contributed by atoms with E-state index in [2.05, 4.69) is 27.5 Å². The molecule has 1 aromatic rings. The van der Waals surface area contributed by atoms with Crippen LogP contribution in [-0.2, 0) is 14.3 Å². The van der Waals surface area contributed by atoms with Crippen molar-refractivity contribution < 1.29 is 14.3 Å². The standard InChI is InChI=1S/C18H17BrN2O3S/c1-3-8-24-17(23)15-11(2)20-18-21(14(22)7-9-25-18)16(15)12-5-4-6-13(19)10-12/h3-6,10,16H,1,7-9H2,2H3. The van der Waals surface area contributed by atoms with E-state index in [9.17, 15) is 9.59 Å². The number of carbonyl (C=O) groups is 2. The molecule has 1 unspecified atom stereocenters. The monoisotopic (exact) mass is 420 g/mol. The second-order valence-electron chi connectivity index (χ2n) is 5.60. The Kier molecular flexibility index (Phi) is 5.44. The maximum atomic E-state index is 12.7. The van der Waals surface area contributed by atoms with Crippen molar-refractivity contribution >= 4 is 44.7 Å². The second kappa shape index (κ2) is 7.58. The minimum Gasteiger partial charge on any atom is -0.458 e. The molecular formula is C18H17BrN2O3S. The Balaban J connectivity index is 2.13. The van der Waals surface area contributed by atoms with Gasteiger partial charge >= 0.3 is 5.97 Å². The Morgan fingerprint density at radius 3 is 3.08 bits per heavy atom. The Hall–Kier alpha value is -1.86. The molecule has 2 aliphatic heterocycles. The summed E-state index contributed by atoms with van der Waals surface area (Å²) in [6.45, 7) is 5.46.